The Labute approximate surface area is 159 Å². The normalized spacial score (nSPS) is 16.7. The molecule has 0 radical (unpaired) electrons. The van der Waals surface area contributed by atoms with Gasteiger partial charge < -0.3 is 18.9 Å². The minimum absolute atomic E-state index is 0.0159. The molecule has 0 aliphatic carbocycles. The largest absolute Gasteiger partial charge is 0.493 e. The van der Waals surface area contributed by atoms with Crippen molar-refractivity contribution in [3.05, 3.63) is 60.3 Å². The molecule has 1 amide bonds. The number of nitrogens with zero attached hydrogens (tertiary/aromatic N) is 2. The highest BCUT2D eigenvalue weighted by Gasteiger charge is 2.29. The number of methoxy groups -OCH3 is 1. The monoisotopic (exact) mass is 364 g/mol. The molecule has 1 atom stereocenters. The van der Waals surface area contributed by atoms with E-state index in [1.165, 1.54) is 16.6 Å². The molecule has 0 saturated carbocycles. The van der Waals surface area contributed by atoms with Crippen molar-refractivity contribution in [2.24, 2.45) is 7.05 Å². The molecule has 140 valence electrons. The van der Waals surface area contributed by atoms with Crippen LogP contribution in [0.4, 0.5) is 0 Å². The third-order valence-corrected chi connectivity index (χ3v) is 5.37. The predicted molar refractivity (Wildman–Crippen MR) is 105 cm³/mol. The summed E-state index contributed by atoms with van der Waals surface area (Å²) < 4.78 is 13.2. The number of likely N-dealkylation sites (tertiary alicyclic amines) is 1. The van der Waals surface area contributed by atoms with Gasteiger partial charge in [0, 0.05) is 37.3 Å². The molecule has 3 aromatic rings. The van der Waals surface area contributed by atoms with Gasteiger partial charge in [-0.05, 0) is 36.1 Å². The topological polar surface area (TPSA) is 43.7 Å². The van der Waals surface area contributed by atoms with Gasteiger partial charge >= 0.3 is 0 Å². The number of fused-ring (bicyclic) bond motifs is 1. The lowest BCUT2D eigenvalue weighted by atomic mass is 10.0. The Morgan fingerprint density at radius 3 is 2.63 bits per heavy atom. The first-order valence-corrected chi connectivity index (χ1v) is 9.25. The van der Waals surface area contributed by atoms with Gasteiger partial charge in [-0.1, -0.05) is 30.3 Å². The van der Waals surface area contributed by atoms with Crippen molar-refractivity contribution >= 4 is 16.8 Å². The Hall–Kier alpha value is -2.95. The zero-order valence-electron chi connectivity index (χ0n) is 15.7. The van der Waals surface area contributed by atoms with Gasteiger partial charge in [-0.25, -0.2) is 0 Å². The fraction of sp³-hybridized carbons (Fsp3) is 0.318. The summed E-state index contributed by atoms with van der Waals surface area (Å²) in [4.78, 5) is 14.5. The molecule has 1 aliphatic rings. The fourth-order valence-electron chi connectivity index (χ4n) is 3.90. The molecule has 0 spiro atoms. The molecule has 1 aliphatic heterocycles. The summed E-state index contributed by atoms with van der Waals surface area (Å²) in [6.45, 7) is 1.53. The number of rotatable bonds is 5. The summed E-state index contributed by atoms with van der Waals surface area (Å²) in [5.74, 6) is 1.61. The van der Waals surface area contributed by atoms with Crippen LogP contribution in [-0.4, -0.2) is 42.2 Å². The van der Waals surface area contributed by atoms with Gasteiger partial charge in [0.15, 0.2) is 18.1 Å². The molecule has 1 saturated heterocycles. The number of amides is 1. The van der Waals surface area contributed by atoms with Crippen LogP contribution in [0.2, 0.25) is 0 Å². The molecule has 1 fully saturated rings. The Morgan fingerprint density at radius 2 is 1.85 bits per heavy atom. The average Bonchev–Trinajstić information content (AvgIpc) is 3.32. The highest BCUT2D eigenvalue weighted by molar-refractivity contribution is 5.82. The lowest BCUT2D eigenvalue weighted by molar-refractivity contribution is -0.132. The zero-order chi connectivity index (χ0) is 18.8. The van der Waals surface area contributed by atoms with Crippen molar-refractivity contribution in [2.75, 3.05) is 26.8 Å². The summed E-state index contributed by atoms with van der Waals surface area (Å²) in [6, 6.07) is 18.0. The van der Waals surface area contributed by atoms with Gasteiger partial charge in [0.25, 0.3) is 5.91 Å². The van der Waals surface area contributed by atoms with Crippen LogP contribution in [0.5, 0.6) is 11.5 Å². The molecule has 4 rings (SSSR count). The second-order valence-electron chi connectivity index (χ2n) is 6.95. The number of hydrogen-bond donors (Lipinski definition) is 0. The lowest BCUT2D eigenvalue weighted by Gasteiger charge is -2.18. The first-order valence-electron chi connectivity index (χ1n) is 9.25. The van der Waals surface area contributed by atoms with Crippen molar-refractivity contribution in [1.29, 1.82) is 0 Å². The third kappa shape index (κ3) is 3.37. The minimum atomic E-state index is 0.0159. The molecular weight excluding hydrogens is 340 g/mol. The van der Waals surface area contributed by atoms with E-state index in [0.29, 0.717) is 17.4 Å². The summed E-state index contributed by atoms with van der Waals surface area (Å²) in [5.41, 5.74) is 2.52. The maximum Gasteiger partial charge on any atom is 0.260 e. The molecular formula is C22H24N2O3. The molecule has 5 nitrogen and oxygen atoms in total. The standard InChI is InChI=1S/C22H24N2O3/c1-23-18-8-4-3-7-16(18)13-19(23)17-11-12-24(14-17)22(25)15-27-21-10-6-5-9-20(21)26-2/h3-10,13,17H,11-12,14-15H2,1-2H3. The van der Waals surface area contributed by atoms with Gasteiger partial charge in [-0.2, -0.15) is 0 Å². The van der Waals surface area contributed by atoms with Crippen LogP contribution >= 0.6 is 0 Å². The van der Waals surface area contributed by atoms with Crippen molar-refractivity contribution in [3.8, 4) is 11.5 Å². The molecule has 2 heterocycles. The lowest BCUT2D eigenvalue weighted by Crippen LogP contribution is -2.33. The van der Waals surface area contributed by atoms with Gasteiger partial charge in [-0.3, -0.25) is 4.79 Å². The van der Waals surface area contributed by atoms with E-state index < -0.39 is 0 Å². The third-order valence-electron chi connectivity index (χ3n) is 5.37. The van der Waals surface area contributed by atoms with E-state index in [1.807, 2.05) is 29.2 Å². The SMILES string of the molecule is COc1ccccc1OCC(=O)N1CCC(c2cc3ccccc3n2C)C1. The van der Waals surface area contributed by atoms with E-state index in [2.05, 4.69) is 41.9 Å². The number of benzene rings is 2. The second kappa shape index (κ2) is 7.35. The van der Waals surface area contributed by atoms with Gasteiger partial charge in [0.2, 0.25) is 0 Å². The van der Waals surface area contributed by atoms with Crippen molar-refractivity contribution in [3.63, 3.8) is 0 Å². The maximum atomic E-state index is 12.6. The van der Waals surface area contributed by atoms with E-state index >= 15 is 0 Å². The van der Waals surface area contributed by atoms with Gasteiger partial charge in [-0.15, -0.1) is 0 Å². The van der Waals surface area contributed by atoms with Crippen LogP contribution in [0.3, 0.4) is 0 Å². The first-order chi connectivity index (χ1) is 13.2. The first kappa shape index (κ1) is 17.5. The van der Waals surface area contributed by atoms with Crippen LogP contribution in [0.1, 0.15) is 18.0 Å². The summed E-state index contributed by atoms with van der Waals surface area (Å²) >= 11 is 0. The number of carbonyl (C=O) groups excluding carboxylic acids is 1. The molecule has 0 bridgehead atoms. The number of hydrogen-bond acceptors (Lipinski definition) is 3. The number of aromatic nitrogens is 1. The maximum absolute atomic E-state index is 12.6. The van der Waals surface area contributed by atoms with Gasteiger partial charge in [0.05, 0.1) is 7.11 Å². The number of para-hydroxylation sites is 3. The Bertz CT molecular complexity index is 963. The van der Waals surface area contributed by atoms with E-state index in [4.69, 9.17) is 9.47 Å². The summed E-state index contributed by atoms with van der Waals surface area (Å²) in [6.07, 6.45) is 0.977. The van der Waals surface area contributed by atoms with E-state index in [0.717, 1.165) is 19.5 Å². The zero-order valence-corrected chi connectivity index (χ0v) is 15.7. The molecule has 2 aromatic carbocycles. The highest BCUT2D eigenvalue weighted by Crippen LogP contribution is 2.31. The average molecular weight is 364 g/mol. The van der Waals surface area contributed by atoms with E-state index in [1.54, 1.807) is 7.11 Å². The van der Waals surface area contributed by atoms with Crippen molar-refractivity contribution < 1.29 is 14.3 Å². The van der Waals surface area contributed by atoms with Crippen molar-refractivity contribution in [1.82, 2.24) is 9.47 Å². The smallest absolute Gasteiger partial charge is 0.260 e. The second-order valence-corrected chi connectivity index (χ2v) is 6.95. The van der Waals surface area contributed by atoms with Crippen LogP contribution in [0.15, 0.2) is 54.6 Å². The molecule has 1 aromatic heterocycles. The fourth-order valence-corrected chi connectivity index (χ4v) is 3.90. The van der Waals surface area contributed by atoms with E-state index in [9.17, 15) is 4.79 Å². The van der Waals surface area contributed by atoms with Gasteiger partial charge in [0.1, 0.15) is 0 Å². The Balaban J connectivity index is 1.41. The summed E-state index contributed by atoms with van der Waals surface area (Å²) in [7, 11) is 3.70. The molecule has 0 N–H and O–H groups in total. The molecule has 27 heavy (non-hydrogen) atoms. The predicted octanol–water partition coefficient (Wildman–Crippen LogP) is 3.58. The number of carbonyl (C=O) groups is 1. The Morgan fingerprint density at radius 1 is 1.11 bits per heavy atom. The quantitative estimate of drug-likeness (QED) is 0.695. The van der Waals surface area contributed by atoms with Crippen LogP contribution in [-0.2, 0) is 11.8 Å². The minimum Gasteiger partial charge on any atom is -0.493 e. The Kier molecular flexibility index (Phi) is 4.75. The van der Waals surface area contributed by atoms with Crippen LogP contribution in [0.25, 0.3) is 10.9 Å². The molecule has 5 heteroatoms. The highest BCUT2D eigenvalue weighted by atomic mass is 16.5. The van der Waals surface area contributed by atoms with E-state index in [-0.39, 0.29) is 12.5 Å². The molecule has 1 unspecified atom stereocenters. The number of ether oxygens (including phenoxy) is 2. The van der Waals surface area contributed by atoms with Crippen molar-refractivity contribution in [2.45, 2.75) is 12.3 Å². The van der Waals surface area contributed by atoms with Crippen LogP contribution in [0, 0.1) is 0 Å². The summed E-state index contributed by atoms with van der Waals surface area (Å²) in [5, 5.41) is 1.25. The number of aryl methyl sites for hydroxylation is 1. The van der Waals surface area contributed by atoms with Crippen LogP contribution < -0.4 is 9.47 Å².